The zero-order valence-electron chi connectivity index (χ0n) is 15.3. The first-order valence-corrected chi connectivity index (χ1v) is 9.56. The summed E-state index contributed by atoms with van der Waals surface area (Å²) in [4.78, 5) is 17.5. The number of hydrogen-bond acceptors (Lipinski definition) is 4. The molecule has 0 saturated heterocycles. The number of unbranched alkanes of at least 4 members (excludes halogenated alkanes) is 1. The number of carbonyl (C=O) groups excluding carboxylic acids is 1. The maximum atomic E-state index is 12.0. The zero-order chi connectivity index (χ0) is 18.8. The average molecular weight is 368 g/mol. The predicted molar refractivity (Wildman–Crippen MR) is 114 cm³/mol. The molecule has 2 aromatic carbocycles. The Morgan fingerprint density at radius 2 is 2.00 bits per heavy atom. The van der Waals surface area contributed by atoms with E-state index in [1.54, 1.807) is 12.3 Å². The number of nitrogens with one attached hydrogen (secondary N) is 2. The van der Waals surface area contributed by atoms with E-state index in [1.165, 1.54) is 11.9 Å². The molecule has 2 N–H and O–H groups in total. The molecule has 0 bridgehead atoms. The number of aliphatic imine (C=N–C) groups is 1. The van der Waals surface area contributed by atoms with E-state index in [-0.39, 0.29) is 5.91 Å². The van der Waals surface area contributed by atoms with E-state index >= 15 is 0 Å². The van der Waals surface area contributed by atoms with Gasteiger partial charge in [0.1, 0.15) is 0 Å². The van der Waals surface area contributed by atoms with E-state index in [1.807, 2.05) is 49.4 Å². The topological polar surface area (TPSA) is 53.5 Å². The Bertz CT molecular complexity index is 769. The first kappa shape index (κ1) is 19.8. The van der Waals surface area contributed by atoms with E-state index in [0.717, 1.165) is 34.7 Å². The highest BCUT2D eigenvalue weighted by atomic mass is 32.2. The molecule has 0 fully saturated rings. The Morgan fingerprint density at radius 1 is 1.23 bits per heavy atom. The normalized spacial score (nSPS) is 10.7. The fourth-order valence-electron chi connectivity index (χ4n) is 2.34. The van der Waals surface area contributed by atoms with Crippen LogP contribution in [0.5, 0.6) is 0 Å². The first-order chi connectivity index (χ1) is 12.7. The molecule has 26 heavy (non-hydrogen) atoms. The van der Waals surface area contributed by atoms with Crippen LogP contribution in [0.15, 0.2) is 58.9 Å². The number of nitrogens with zero attached hydrogens (tertiary/aromatic N) is 1. The minimum absolute atomic E-state index is 0.0316. The molecule has 0 unspecified atom stereocenters. The van der Waals surface area contributed by atoms with Crippen molar-refractivity contribution in [2.24, 2.45) is 4.99 Å². The molecule has 0 radical (unpaired) electrons. The lowest BCUT2D eigenvalue weighted by Crippen LogP contribution is -2.24. The van der Waals surface area contributed by atoms with Crippen molar-refractivity contribution in [2.75, 3.05) is 11.3 Å². The Kier molecular flexibility index (Phi) is 7.96. The zero-order valence-corrected chi connectivity index (χ0v) is 16.1. The quantitative estimate of drug-likeness (QED) is 0.339. The molecule has 4 nitrogen and oxygen atoms in total. The van der Waals surface area contributed by atoms with Crippen LogP contribution in [0.3, 0.4) is 0 Å². The molecule has 5 heteroatoms. The monoisotopic (exact) mass is 367 g/mol. The van der Waals surface area contributed by atoms with Gasteiger partial charge in [0.2, 0.25) is 0 Å². The Morgan fingerprint density at radius 3 is 2.65 bits per heavy atom. The molecule has 0 aliphatic heterocycles. The van der Waals surface area contributed by atoms with Crippen LogP contribution in [-0.4, -0.2) is 18.7 Å². The van der Waals surface area contributed by atoms with Gasteiger partial charge in [-0.1, -0.05) is 38.1 Å². The van der Waals surface area contributed by atoms with Crippen molar-refractivity contribution < 1.29 is 4.79 Å². The number of para-hydroxylation sites is 1. The molecule has 0 atom stereocenters. The lowest BCUT2D eigenvalue weighted by molar-refractivity contribution is 0.0953. The van der Waals surface area contributed by atoms with Crippen LogP contribution in [0.2, 0.25) is 0 Å². The van der Waals surface area contributed by atoms with Crippen LogP contribution < -0.4 is 10.0 Å². The summed E-state index contributed by atoms with van der Waals surface area (Å²) in [5, 5.41) is 2.92. The maximum Gasteiger partial charge on any atom is 0.251 e. The molecule has 2 rings (SSSR count). The summed E-state index contributed by atoms with van der Waals surface area (Å²) in [6.07, 6.45) is 5.64. The van der Waals surface area contributed by atoms with Crippen molar-refractivity contribution >= 4 is 41.5 Å². The fraction of sp³-hybridized carbons (Fsp3) is 0.238. The van der Waals surface area contributed by atoms with Crippen LogP contribution in [0.4, 0.5) is 11.4 Å². The second kappa shape index (κ2) is 10.5. The van der Waals surface area contributed by atoms with Crippen LogP contribution >= 0.6 is 11.9 Å². The van der Waals surface area contributed by atoms with Gasteiger partial charge in [0, 0.05) is 29.6 Å². The number of rotatable bonds is 9. The Hall–Kier alpha value is -2.53. The summed E-state index contributed by atoms with van der Waals surface area (Å²) in [6.45, 7) is 8.56. The van der Waals surface area contributed by atoms with Gasteiger partial charge in [0.05, 0.1) is 10.6 Å². The molecular formula is C21H25N3OS. The smallest absolute Gasteiger partial charge is 0.251 e. The van der Waals surface area contributed by atoms with Gasteiger partial charge in [-0.15, -0.1) is 0 Å². The van der Waals surface area contributed by atoms with E-state index in [0.29, 0.717) is 12.1 Å². The molecule has 0 aromatic heterocycles. The van der Waals surface area contributed by atoms with Gasteiger partial charge in [0.25, 0.3) is 5.91 Å². The van der Waals surface area contributed by atoms with Crippen molar-refractivity contribution in [1.82, 2.24) is 5.32 Å². The molecular weight excluding hydrogens is 342 g/mol. The average Bonchev–Trinajstić information content (AvgIpc) is 2.67. The number of amides is 1. The molecule has 136 valence electrons. The minimum Gasteiger partial charge on any atom is -0.352 e. The fourth-order valence-corrected chi connectivity index (χ4v) is 3.12. The van der Waals surface area contributed by atoms with Crippen molar-refractivity contribution in [1.29, 1.82) is 0 Å². The van der Waals surface area contributed by atoms with Crippen molar-refractivity contribution in [3.05, 3.63) is 60.2 Å². The molecule has 0 saturated carbocycles. The highest BCUT2D eigenvalue weighted by molar-refractivity contribution is 8.00. The van der Waals surface area contributed by atoms with Crippen LogP contribution in [0, 0.1) is 0 Å². The van der Waals surface area contributed by atoms with Gasteiger partial charge in [-0.3, -0.25) is 9.79 Å². The lowest BCUT2D eigenvalue weighted by Gasteiger charge is -2.10. The summed E-state index contributed by atoms with van der Waals surface area (Å²) in [6, 6.07) is 13.5. The van der Waals surface area contributed by atoms with Crippen molar-refractivity contribution in [3.8, 4) is 0 Å². The third kappa shape index (κ3) is 5.49. The second-order valence-electron chi connectivity index (χ2n) is 5.68. The van der Waals surface area contributed by atoms with E-state index in [9.17, 15) is 4.79 Å². The molecule has 0 aliphatic carbocycles. The SMILES string of the molecule is C=Cc1cccc(SNc2ccc(C(=O)NCCCC)cc2)c1N=CC. The van der Waals surface area contributed by atoms with Crippen LogP contribution in [-0.2, 0) is 0 Å². The minimum atomic E-state index is -0.0316. The summed E-state index contributed by atoms with van der Waals surface area (Å²) in [7, 11) is 0. The Balaban J connectivity index is 2.02. The van der Waals surface area contributed by atoms with Gasteiger partial charge in [-0.25, -0.2) is 0 Å². The molecule has 0 aliphatic rings. The standard InChI is InChI=1S/C21H25N3OS/c1-4-7-15-23-21(25)17-11-13-18(14-12-17)24-26-19-10-8-9-16(5-2)20(19)22-6-3/h5-6,8-14,24H,2,4,7,15H2,1,3H3,(H,23,25). The maximum absolute atomic E-state index is 12.0. The van der Waals surface area contributed by atoms with Crippen LogP contribution in [0.25, 0.3) is 6.08 Å². The van der Waals surface area contributed by atoms with Crippen molar-refractivity contribution in [3.63, 3.8) is 0 Å². The summed E-state index contributed by atoms with van der Waals surface area (Å²) >= 11 is 1.49. The highest BCUT2D eigenvalue weighted by Gasteiger charge is 2.07. The Labute approximate surface area is 159 Å². The second-order valence-corrected chi connectivity index (χ2v) is 6.52. The molecule has 1 amide bonds. The number of hydrogen-bond donors (Lipinski definition) is 2. The third-order valence-corrected chi connectivity index (χ3v) is 4.64. The van der Waals surface area contributed by atoms with Crippen molar-refractivity contribution in [2.45, 2.75) is 31.6 Å². The molecule has 0 heterocycles. The van der Waals surface area contributed by atoms with E-state index in [2.05, 4.69) is 28.5 Å². The van der Waals surface area contributed by atoms with Gasteiger partial charge < -0.3 is 10.0 Å². The summed E-state index contributed by atoms with van der Waals surface area (Å²) in [5.41, 5.74) is 3.49. The molecule has 2 aromatic rings. The molecule has 0 spiro atoms. The van der Waals surface area contributed by atoms with Gasteiger partial charge in [-0.2, -0.15) is 0 Å². The van der Waals surface area contributed by atoms with E-state index in [4.69, 9.17) is 0 Å². The summed E-state index contributed by atoms with van der Waals surface area (Å²) < 4.78 is 3.31. The van der Waals surface area contributed by atoms with Gasteiger partial charge in [-0.05, 0) is 55.6 Å². The highest BCUT2D eigenvalue weighted by Crippen LogP contribution is 2.34. The predicted octanol–water partition coefficient (Wildman–Crippen LogP) is 5.70. The van der Waals surface area contributed by atoms with E-state index < -0.39 is 0 Å². The lowest BCUT2D eigenvalue weighted by atomic mass is 10.2. The first-order valence-electron chi connectivity index (χ1n) is 8.74. The summed E-state index contributed by atoms with van der Waals surface area (Å²) in [5.74, 6) is -0.0316. The van der Waals surface area contributed by atoms with Gasteiger partial charge >= 0.3 is 0 Å². The van der Waals surface area contributed by atoms with Gasteiger partial charge in [0.15, 0.2) is 0 Å². The largest absolute Gasteiger partial charge is 0.352 e. The third-order valence-electron chi connectivity index (χ3n) is 3.75. The number of anilines is 1. The number of carbonyl (C=O) groups is 1. The number of benzene rings is 2. The van der Waals surface area contributed by atoms with Crippen LogP contribution in [0.1, 0.15) is 42.6 Å².